The highest BCUT2D eigenvalue weighted by Gasteiger charge is 2.14. The van der Waals surface area contributed by atoms with Crippen LogP contribution in [0, 0.1) is 6.92 Å². The van der Waals surface area contributed by atoms with E-state index >= 15 is 0 Å². The summed E-state index contributed by atoms with van der Waals surface area (Å²) in [4.78, 5) is 4.15. The summed E-state index contributed by atoms with van der Waals surface area (Å²) in [6.45, 7) is 2.49. The number of methoxy groups -OCH3 is 1. The van der Waals surface area contributed by atoms with Crippen molar-refractivity contribution < 1.29 is 14.8 Å². The highest BCUT2D eigenvalue weighted by atomic mass is 16.5. The summed E-state index contributed by atoms with van der Waals surface area (Å²) in [6.07, 6.45) is 3.60. The van der Waals surface area contributed by atoms with Crippen LogP contribution in [0.2, 0.25) is 0 Å². The van der Waals surface area contributed by atoms with Gasteiger partial charge in [-0.05, 0) is 18.5 Å². The number of hydrogen-bond donors (Lipinski definition) is 2. The molecule has 18 heavy (non-hydrogen) atoms. The Balaban J connectivity index is 2.35. The van der Waals surface area contributed by atoms with Gasteiger partial charge in [-0.15, -0.1) is 0 Å². The Morgan fingerprint density at radius 1 is 1.39 bits per heavy atom. The van der Waals surface area contributed by atoms with Gasteiger partial charge < -0.3 is 19.4 Å². The molecule has 0 bridgehead atoms. The van der Waals surface area contributed by atoms with Gasteiger partial charge in [0, 0.05) is 18.0 Å². The summed E-state index contributed by atoms with van der Waals surface area (Å²) in [5.41, 5.74) is 1.33. The Morgan fingerprint density at radius 2 is 2.17 bits per heavy atom. The van der Waals surface area contributed by atoms with E-state index in [2.05, 4.69) is 4.98 Å². The molecule has 2 aromatic rings. The van der Waals surface area contributed by atoms with Gasteiger partial charge in [-0.2, -0.15) is 0 Å². The van der Waals surface area contributed by atoms with E-state index in [0.717, 1.165) is 11.4 Å². The van der Waals surface area contributed by atoms with Crippen LogP contribution in [-0.2, 0) is 6.54 Å². The standard InChI is InChI=1S/C12H15BN2O3/c1-9-14-5-6-15(9)8-10-7-11(13(16)17)3-4-12(10)18-2/h3-7,16-17H,8H2,1-2H3. The van der Waals surface area contributed by atoms with Crippen molar-refractivity contribution in [1.82, 2.24) is 9.55 Å². The monoisotopic (exact) mass is 246 g/mol. The fourth-order valence-corrected chi connectivity index (χ4v) is 1.84. The number of imidazole rings is 1. The average Bonchev–Trinajstić information content (AvgIpc) is 2.75. The minimum atomic E-state index is -1.47. The largest absolute Gasteiger partial charge is 0.496 e. The molecule has 1 aromatic heterocycles. The lowest BCUT2D eigenvalue weighted by atomic mass is 9.79. The molecule has 0 unspecified atom stereocenters. The van der Waals surface area contributed by atoms with Crippen LogP contribution in [-0.4, -0.2) is 33.8 Å². The van der Waals surface area contributed by atoms with Gasteiger partial charge >= 0.3 is 7.12 Å². The molecule has 1 aromatic carbocycles. The van der Waals surface area contributed by atoms with Gasteiger partial charge in [0.05, 0.1) is 13.7 Å². The highest BCUT2D eigenvalue weighted by Crippen LogP contribution is 2.18. The minimum absolute atomic E-state index is 0.448. The number of nitrogens with zero attached hydrogens (tertiary/aromatic N) is 2. The number of hydrogen-bond acceptors (Lipinski definition) is 4. The number of rotatable bonds is 4. The molecule has 0 aliphatic heterocycles. The lowest BCUT2D eigenvalue weighted by molar-refractivity contribution is 0.407. The molecule has 0 spiro atoms. The number of benzene rings is 1. The topological polar surface area (TPSA) is 67.5 Å². The fourth-order valence-electron chi connectivity index (χ4n) is 1.84. The maximum absolute atomic E-state index is 9.19. The van der Waals surface area contributed by atoms with E-state index in [1.165, 1.54) is 0 Å². The second-order valence-electron chi connectivity index (χ2n) is 4.05. The third-order valence-corrected chi connectivity index (χ3v) is 2.87. The van der Waals surface area contributed by atoms with Crippen LogP contribution in [0.1, 0.15) is 11.4 Å². The number of aryl methyl sites for hydroxylation is 1. The van der Waals surface area contributed by atoms with Gasteiger partial charge in [-0.25, -0.2) is 4.98 Å². The molecular formula is C12H15BN2O3. The van der Waals surface area contributed by atoms with Crippen molar-refractivity contribution in [1.29, 1.82) is 0 Å². The molecule has 0 amide bonds. The van der Waals surface area contributed by atoms with Crippen LogP contribution in [0.3, 0.4) is 0 Å². The number of aromatic nitrogens is 2. The van der Waals surface area contributed by atoms with Crippen molar-refractivity contribution in [2.24, 2.45) is 0 Å². The Kier molecular flexibility index (Phi) is 3.69. The van der Waals surface area contributed by atoms with Crippen LogP contribution >= 0.6 is 0 Å². The Hall–Kier alpha value is -1.79. The molecule has 94 valence electrons. The number of ether oxygens (including phenoxy) is 1. The van der Waals surface area contributed by atoms with E-state index in [0.29, 0.717) is 17.8 Å². The molecule has 6 heteroatoms. The molecule has 1 heterocycles. The van der Waals surface area contributed by atoms with Crippen molar-refractivity contribution in [2.45, 2.75) is 13.5 Å². The first-order chi connectivity index (χ1) is 8.61. The first kappa shape index (κ1) is 12.7. The molecule has 0 fully saturated rings. The zero-order chi connectivity index (χ0) is 13.1. The second-order valence-corrected chi connectivity index (χ2v) is 4.05. The lowest BCUT2D eigenvalue weighted by Gasteiger charge is -2.12. The summed E-state index contributed by atoms with van der Waals surface area (Å²) in [7, 11) is 0.118. The molecule has 0 aliphatic rings. The minimum Gasteiger partial charge on any atom is -0.496 e. The molecule has 0 saturated heterocycles. The van der Waals surface area contributed by atoms with Gasteiger partial charge in [0.15, 0.2) is 0 Å². The highest BCUT2D eigenvalue weighted by molar-refractivity contribution is 6.58. The lowest BCUT2D eigenvalue weighted by Crippen LogP contribution is -2.30. The SMILES string of the molecule is COc1ccc(B(O)O)cc1Cn1ccnc1C. The van der Waals surface area contributed by atoms with Crippen molar-refractivity contribution in [3.63, 3.8) is 0 Å². The van der Waals surface area contributed by atoms with Gasteiger partial charge in [-0.1, -0.05) is 12.1 Å². The van der Waals surface area contributed by atoms with Crippen molar-refractivity contribution in [3.8, 4) is 5.75 Å². The van der Waals surface area contributed by atoms with Crippen molar-refractivity contribution in [2.75, 3.05) is 7.11 Å². The quantitative estimate of drug-likeness (QED) is 0.741. The second kappa shape index (κ2) is 5.24. The Morgan fingerprint density at radius 3 is 2.72 bits per heavy atom. The van der Waals surface area contributed by atoms with E-state index in [-0.39, 0.29) is 0 Å². The summed E-state index contributed by atoms with van der Waals surface area (Å²) < 4.78 is 7.24. The van der Waals surface area contributed by atoms with Crippen LogP contribution < -0.4 is 10.2 Å². The average molecular weight is 246 g/mol. The Labute approximate surface area is 106 Å². The van der Waals surface area contributed by atoms with E-state index in [9.17, 15) is 10.0 Å². The van der Waals surface area contributed by atoms with Crippen LogP contribution in [0.4, 0.5) is 0 Å². The summed E-state index contributed by atoms with van der Waals surface area (Å²) in [6, 6.07) is 5.09. The van der Waals surface area contributed by atoms with E-state index in [1.807, 2.05) is 17.7 Å². The first-order valence-electron chi connectivity index (χ1n) is 5.62. The predicted molar refractivity (Wildman–Crippen MR) is 68.9 cm³/mol. The predicted octanol–water partition coefficient (Wildman–Crippen LogP) is -0.0718. The Bertz CT molecular complexity index is 540. The van der Waals surface area contributed by atoms with E-state index < -0.39 is 7.12 Å². The maximum atomic E-state index is 9.19. The maximum Gasteiger partial charge on any atom is 0.488 e. The smallest absolute Gasteiger partial charge is 0.488 e. The van der Waals surface area contributed by atoms with Gasteiger partial charge in [0.2, 0.25) is 0 Å². The molecule has 2 rings (SSSR count). The van der Waals surface area contributed by atoms with Crippen molar-refractivity contribution in [3.05, 3.63) is 42.0 Å². The third-order valence-electron chi connectivity index (χ3n) is 2.87. The first-order valence-corrected chi connectivity index (χ1v) is 5.62. The third kappa shape index (κ3) is 2.55. The van der Waals surface area contributed by atoms with Crippen LogP contribution in [0.25, 0.3) is 0 Å². The molecule has 0 radical (unpaired) electrons. The fraction of sp³-hybridized carbons (Fsp3) is 0.250. The molecule has 0 aliphatic carbocycles. The molecular weight excluding hydrogens is 231 g/mol. The zero-order valence-electron chi connectivity index (χ0n) is 10.4. The van der Waals surface area contributed by atoms with Gasteiger partial charge in [0.25, 0.3) is 0 Å². The van der Waals surface area contributed by atoms with Crippen LogP contribution in [0.15, 0.2) is 30.6 Å². The van der Waals surface area contributed by atoms with Gasteiger partial charge in [0.1, 0.15) is 11.6 Å². The molecule has 5 nitrogen and oxygen atoms in total. The summed E-state index contributed by atoms with van der Waals surface area (Å²) >= 11 is 0. The van der Waals surface area contributed by atoms with E-state index in [4.69, 9.17) is 4.74 Å². The zero-order valence-corrected chi connectivity index (χ0v) is 10.4. The summed E-state index contributed by atoms with van der Waals surface area (Å²) in [5, 5.41) is 18.4. The summed E-state index contributed by atoms with van der Waals surface area (Å²) in [5.74, 6) is 1.61. The van der Waals surface area contributed by atoms with Crippen molar-refractivity contribution >= 4 is 12.6 Å². The molecule has 0 saturated carbocycles. The van der Waals surface area contributed by atoms with Gasteiger partial charge in [-0.3, -0.25) is 0 Å². The molecule has 0 atom stereocenters. The van der Waals surface area contributed by atoms with E-state index in [1.54, 1.807) is 31.5 Å². The molecule has 2 N–H and O–H groups in total. The normalized spacial score (nSPS) is 10.4. The van der Waals surface area contributed by atoms with Crippen LogP contribution in [0.5, 0.6) is 5.75 Å².